The molecular formula is C11H15NO. The molecule has 0 radical (unpaired) electrons. The van der Waals surface area contributed by atoms with Crippen molar-refractivity contribution in [2.45, 2.75) is 33.2 Å². The molecule has 0 saturated heterocycles. The van der Waals surface area contributed by atoms with Crippen molar-refractivity contribution in [2.75, 3.05) is 0 Å². The van der Waals surface area contributed by atoms with Crippen LogP contribution in [0.5, 0.6) is 0 Å². The van der Waals surface area contributed by atoms with Crippen LogP contribution in [0, 0.1) is 18.8 Å². The minimum absolute atomic E-state index is 0.613. The van der Waals surface area contributed by atoms with E-state index in [0.29, 0.717) is 0 Å². The summed E-state index contributed by atoms with van der Waals surface area (Å²) in [7, 11) is 0. The molecule has 0 aliphatic rings. The zero-order chi connectivity index (χ0) is 10.1. The van der Waals surface area contributed by atoms with Crippen LogP contribution in [-0.4, -0.2) is 0 Å². The number of nitroso groups, excluding NO2 is 1. The smallest absolute Gasteiger partial charge is 0.122 e. The van der Waals surface area contributed by atoms with Gasteiger partial charge in [-0.15, -0.1) is 4.91 Å². The molecule has 0 spiro atoms. The van der Waals surface area contributed by atoms with Gasteiger partial charge in [-0.25, -0.2) is 0 Å². The van der Waals surface area contributed by atoms with Gasteiger partial charge in [0.25, 0.3) is 0 Å². The summed E-state index contributed by atoms with van der Waals surface area (Å²) in [5.74, 6) is 0. The van der Waals surface area contributed by atoms with Crippen molar-refractivity contribution in [1.82, 2.24) is 0 Å². The van der Waals surface area contributed by atoms with Crippen LogP contribution in [0.25, 0.3) is 0 Å². The van der Waals surface area contributed by atoms with Crippen molar-refractivity contribution < 1.29 is 0 Å². The lowest BCUT2D eigenvalue weighted by molar-refractivity contribution is 0.552. The van der Waals surface area contributed by atoms with Crippen LogP contribution in [0.1, 0.15) is 30.5 Å². The number of hydrogen-bond acceptors (Lipinski definition) is 2. The molecule has 0 heterocycles. The molecule has 0 bridgehead atoms. The van der Waals surface area contributed by atoms with Crippen LogP contribution in [0.4, 0.5) is 0 Å². The second-order valence-corrected chi connectivity index (χ2v) is 3.95. The second-order valence-electron chi connectivity index (χ2n) is 3.95. The fourth-order valence-electron chi connectivity index (χ4n) is 1.17. The van der Waals surface area contributed by atoms with E-state index in [2.05, 4.69) is 12.1 Å². The first kappa shape index (κ1) is 9.90. The van der Waals surface area contributed by atoms with E-state index in [0.717, 1.165) is 5.56 Å². The van der Waals surface area contributed by atoms with Gasteiger partial charge in [0.15, 0.2) is 0 Å². The standard InChI is InChI=1S/C11H15NO/c1-8-5-6-10(7-9(8)2)11(3,4)12-13/h5-7H,1-4H3. The third kappa shape index (κ3) is 1.94. The summed E-state index contributed by atoms with van der Waals surface area (Å²) >= 11 is 0. The van der Waals surface area contributed by atoms with Crippen molar-refractivity contribution >= 4 is 0 Å². The Hall–Kier alpha value is -1.18. The molecule has 0 unspecified atom stereocenters. The van der Waals surface area contributed by atoms with E-state index in [1.807, 2.05) is 39.0 Å². The normalized spacial score (nSPS) is 11.4. The Kier molecular flexibility index (Phi) is 2.50. The molecule has 70 valence electrons. The zero-order valence-corrected chi connectivity index (χ0v) is 8.59. The third-order valence-electron chi connectivity index (χ3n) is 2.44. The summed E-state index contributed by atoms with van der Waals surface area (Å²) in [6.07, 6.45) is 0. The monoisotopic (exact) mass is 177 g/mol. The van der Waals surface area contributed by atoms with E-state index in [9.17, 15) is 4.91 Å². The summed E-state index contributed by atoms with van der Waals surface area (Å²) in [5.41, 5.74) is 2.81. The molecule has 0 aliphatic heterocycles. The quantitative estimate of drug-likeness (QED) is 0.637. The Morgan fingerprint density at radius 3 is 2.23 bits per heavy atom. The van der Waals surface area contributed by atoms with Gasteiger partial charge in [0.1, 0.15) is 5.54 Å². The maximum atomic E-state index is 10.6. The molecule has 2 nitrogen and oxygen atoms in total. The molecule has 0 amide bonds. The average Bonchev–Trinajstić information content (AvgIpc) is 2.09. The molecule has 1 aromatic rings. The Bertz CT molecular complexity index is 329. The number of benzene rings is 1. The van der Waals surface area contributed by atoms with Gasteiger partial charge in [-0.05, 0) is 44.4 Å². The number of rotatable bonds is 2. The topological polar surface area (TPSA) is 29.4 Å². The lowest BCUT2D eigenvalue weighted by atomic mass is 9.93. The Labute approximate surface area is 79.0 Å². The van der Waals surface area contributed by atoms with Gasteiger partial charge in [-0.2, -0.15) is 0 Å². The molecule has 1 rings (SSSR count). The Morgan fingerprint density at radius 1 is 1.15 bits per heavy atom. The van der Waals surface area contributed by atoms with Gasteiger partial charge >= 0.3 is 0 Å². The molecule has 0 aromatic heterocycles. The van der Waals surface area contributed by atoms with Crippen LogP contribution in [0.3, 0.4) is 0 Å². The summed E-state index contributed by atoms with van der Waals surface area (Å²) < 4.78 is 0. The number of nitrogens with zero attached hydrogens (tertiary/aromatic N) is 1. The van der Waals surface area contributed by atoms with Crippen molar-refractivity contribution in [2.24, 2.45) is 5.18 Å². The highest BCUT2D eigenvalue weighted by molar-refractivity contribution is 5.33. The lowest BCUT2D eigenvalue weighted by Gasteiger charge is -2.16. The van der Waals surface area contributed by atoms with Gasteiger partial charge in [-0.1, -0.05) is 23.4 Å². The summed E-state index contributed by atoms with van der Waals surface area (Å²) in [4.78, 5) is 10.6. The molecule has 0 fully saturated rings. The first-order chi connectivity index (χ1) is 5.97. The van der Waals surface area contributed by atoms with E-state index in [4.69, 9.17) is 0 Å². The van der Waals surface area contributed by atoms with Gasteiger partial charge in [0.2, 0.25) is 0 Å². The molecule has 2 heteroatoms. The maximum Gasteiger partial charge on any atom is 0.122 e. The fraction of sp³-hybridized carbons (Fsp3) is 0.455. The van der Waals surface area contributed by atoms with E-state index in [1.54, 1.807) is 0 Å². The van der Waals surface area contributed by atoms with Crippen LogP contribution in [-0.2, 0) is 5.54 Å². The van der Waals surface area contributed by atoms with Crippen LogP contribution < -0.4 is 0 Å². The molecule has 0 atom stereocenters. The highest BCUT2D eigenvalue weighted by Gasteiger charge is 2.21. The highest BCUT2D eigenvalue weighted by Crippen LogP contribution is 2.25. The number of hydrogen-bond donors (Lipinski definition) is 0. The van der Waals surface area contributed by atoms with Crippen molar-refractivity contribution in [3.8, 4) is 0 Å². The van der Waals surface area contributed by atoms with Crippen LogP contribution in [0.2, 0.25) is 0 Å². The molecule has 1 aromatic carbocycles. The van der Waals surface area contributed by atoms with E-state index >= 15 is 0 Å². The summed E-state index contributed by atoms with van der Waals surface area (Å²) in [5, 5.41) is 3.11. The fourth-order valence-corrected chi connectivity index (χ4v) is 1.17. The first-order valence-corrected chi connectivity index (χ1v) is 4.39. The van der Waals surface area contributed by atoms with Gasteiger partial charge in [0.05, 0.1) is 0 Å². The predicted molar refractivity (Wildman–Crippen MR) is 54.7 cm³/mol. The van der Waals surface area contributed by atoms with Crippen LogP contribution in [0.15, 0.2) is 23.4 Å². The predicted octanol–water partition coefficient (Wildman–Crippen LogP) is 3.30. The van der Waals surface area contributed by atoms with Crippen molar-refractivity contribution in [1.29, 1.82) is 0 Å². The second kappa shape index (κ2) is 3.29. The Morgan fingerprint density at radius 2 is 1.77 bits per heavy atom. The maximum absolute atomic E-state index is 10.6. The summed E-state index contributed by atoms with van der Waals surface area (Å²) in [6.45, 7) is 7.74. The van der Waals surface area contributed by atoms with Gasteiger partial charge in [0, 0.05) is 0 Å². The third-order valence-corrected chi connectivity index (χ3v) is 2.44. The van der Waals surface area contributed by atoms with Crippen molar-refractivity contribution in [3.63, 3.8) is 0 Å². The summed E-state index contributed by atoms with van der Waals surface area (Å²) in [6, 6.07) is 6.01. The van der Waals surface area contributed by atoms with E-state index in [1.165, 1.54) is 11.1 Å². The molecule has 0 saturated carbocycles. The average molecular weight is 177 g/mol. The zero-order valence-electron chi connectivity index (χ0n) is 8.59. The van der Waals surface area contributed by atoms with Crippen molar-refractivity contribution in [3.05, 3.63) is 39.8 Å². The lowest BCUT2D eigenvalue weighted by Crippen LogP contribution is -2.12. The van der Waals surface area contributed by atoms with Gasteiger partial charge in [-0.3, -0.25) is 0 Å². The SMILES string of the molecule is Cc1ccc(C(C)(C)N=O)cc1C. The molecule has 13 heavy (non-hydrogen) atoms. The first-order valence-electron chi connectivity index (χ1n) is 4.39. The Balaban J connectivity index is 3.18. The molecule has 0 aliphatic carbocycles. The molecular weight excluding hydrogens is 162 g/mol. The van der Waals surface area contributed by atoms with Crippen LogP contribution >= 0.6 is 0 Å². The largest absolute Gasteiger partial charge is 0.150 e. The van der Waals surface area contributed by atoms with E-state index in [-0.39, 0.29) is 0 Å². The highest BCUT2D eigenvalue weighted by atomic mass is 16.3. The molecule has 0 N–H and O–H groups in total. The van der Waals surface area contributed by atoms with Gasteiger partial charge < -0.3 is 0 Å². The number of aryl methyl sites for hydroxylation is 2. The minimum atomic E-state index is -0.613. The van der Waals surface area contributed by atoms with E-state index < -0.39 is 5.54 Å². The minimum Gasteiger partial charge on any atom is -0.150 e.